The zero-order valence-electron chi connectivity index (χ0n) is 11.3. The van der Waals surface area contributed by atoms with Crippen LogP contribution in [0.25, 0.3) is 0 Å². The summed E-state index contributed by atoms with van der Waals surface area (Å²) in [6.07, 6.45) is 7.23. The van der Waals surface area contributed by atoms with Crippen molar-refractivity contribution in [1.29, 1.82) is 0 Å². The summed E-state index contributed by atoms with van der Waals surface area (Å²) in [4.78, 5) is 5.30. The van der Waals surface area contributed by atoms with Gasteiger partial charge >= 0.3 is 0 Å². The molecular weight excluding hydrogens is 196 g/mol. The molecule has 2 rings (SSSR count). The van der Waals surface area contributed by atoms with Gasteiger partial charge in [0.2, 0.25) is 0 Å². The maximum atomic E-state index is 2.77. The maximum Gasteiger partial charge on any atom is 0.0136 e. The average Bonchev–Trinajstić information content (AvgIpc) is 2.29. The van der Waals surface area contributed by atoms with E-state index in [0.29, 0.717) is 6.04 Å². The minimum absolute atomic E-state index is 0.693. The van der Waals surface area contributed by atoms with E-state index in [2.05, 4.69) is 30.7 Å². The van der Waals surface area contributed by atoms with Crippen LogP contribution in [0.1, 0.15) is 46.0 Å². The fraction of sp³-hybridized carbons (Fsp3) is 1.00. The van der Waals surface area contributed by atoms with Gasteiger partial charge in [-0.25, -0.2) is 0 Å². The van der Waals surface area contributed by atoms with Gasteiger partial charge in [0.15, 0.2) is 0 Å². The van der Waals surface area contributed by atoms with Crippen LogP contribution in [0.4, 0.5) is 0 Å². The Hall–Kier alpha value is -0.0800. The Bertz CT molecular complexity index is 213. The first kappa shape index (κ1) is 12.4. The van der Waals surface area contributed by atoms with Crippen molar-refractivity contribution in [3.63, 3.8) is 0 Å². The van der Waals surface area contributed by atoms with E-state index < -0.39 is 0 Å². The minimum atomic E-state index is 0.693. The predicted molar refractivity (Wildman–Crippen MR) is 69.7 cm³/mol. The third-order valence-electron chi connectivity index (χ3n) is 4.63. The summed E-state index contributed by atoms with van der Waals surface area (Å²) < 4.78 is 0. The average molecular weight is 224 g/mol. The molecule has 94 valence electrons. The van der Waals surface area contributed by atoms with Crippen LogP contribution in [0.2, 0.25) is 0 Å². The van der Waals surface area contributed by atoms with Gasteiger partial charge in [-0.05, 0) is 65.6 Å². The van der Waals surface area contributed by atoms with Gasteiger partial charge in [-0.15, -0.1) is 0 Å². The lowest BCUT2D eigenvalue weighted by Gasteiger charge is -2.45. The Morgan fingerprint density at radius 3 is 2.62 bits per heavy atom. The van der Waals surface area contributed by atoms with Crippen LogP contribution in [0.5, 0.6) is 0 Å². The van der Waals surface area contributed by atoms with Gasteiger partial charge in [0.25, 0.3) is 0 Å². The first-order chi connectivity index (χ1) is 7.68. The van der Waals surface area contributed by atoms with E-state index in [-0.39, 0.29) is 0 Å². The van der Waals surface area contributed by atoms with Crippen molar-refractivity contribution in [2.75, 3.05) is 26.7 Å². The van der Waals surface area contributed by atoms with E-state index in [1.54, 1.807) is 0 Å². The molecule has 16 heavy (non-hydrogen) atoms. The Labute approximate surface area is 101 Å². The minimum Gasteiger partial charge on any atom is -0.304 e. The fourth-order valence-corrected chi connectivity index (χ4v) is 3.37. The normalized spacial score (nSPS) is 32.1. The molecule has 2 heterocycles. The molecule has 0 unspecified atom stereocenters. The molecule has 2 aliphatic rings. The Balaban J connectivity index is 1.92. The lowest BCUT2D eigenvalue weighted by Crippen LogP contribution is -2.51. The summed E-state index contributed by atoms with van der Waals surface area (Å²) in [7, 11) is 2.28. The van der Waals surface area contributed by atoms with Crippen LogP contribution in [-0.4, -0.2) is 48.6 Å². The van der Waals surface area contributed by atoms with E-state index in [4.69, 9.17) is 0 Å². The molecule has 0 bridgehead atoms. The molecule has 0 spiro atoms. The van der Waals surface area contributed by atoms with Crippen LogP contribution in [0, 0.1) is 5.92 Å². The van der Waals surface area contributed by atoms with Crippen molar-refractivity contribution in [2.24, 2.45) is 5.92 Å². The van der Waals surface area contributed by atoms with Gasteiger partial charge in [-0.1, -0.05) is 6.42 Å². The first-order valence-electron chi connectivity index (χ1n) is 7.13. The molecule has 2 aliphatic heterocycles. The zero-order valence-corrected chi connectivity index (χ0v) is 11.3. The highest BCUT2D eigenvalue weighted by Crippen LogP contribution is 2.31. The largest absolute Gasteiger partial charge is 0.304 e. The van der Waals surface area contributed by atoms with Gasteiger partial charge in [0.1, 0.15) is 0 Å². The van der Waals surface area contributed by atoms with Crippen molar-refractivity contribution in [1.82, 2.24) is 9.80 Å². The first-order valence-corrected chi connectivity index (χ1v) is 7.13. The van der Waals surface area contributed by atoms with Crippen LogP contribution >= 0.6 is 0 Å². The smallest absolute Gasteiger partial charge is 0.0136 e. The number of piperidine rings is 2. The third-order valence-corrected chi connectivity index (χ3v) is 4.63. The number of hydrogen-bond donors (Lipinski definition) is 0. The Morgan fingerprint density at radius 2 is 1.88 bits per heavy atom. The molecule has 2 atom stereocenters. The number of hydrogen-bond acceptors (Lipinski definition) is 2. The standard InChI is InChI=1S/C14H28N2/c1-12(2)15(3)11-13-7-6-10-16-9-5-4-8-14(13)16/h12-14H,4-11H2,1-3H3/t13-,14+/m1/s1. The number of fused-ring (bicyclic) bond motifs is 1. The van der Waals surface area contributed by atoms with E-state index in [1.165, 1.54) is 51.7 Å². The molecule has 0 saturated carbocycles. The van der Waals surface area contributed by atoms with Crippen LogP contribution < -0.4 is 0 Å². The maximum absolute atomic E-state index is 2.77. The molecule has 2 nitrogen and oxygen atoms in total. The van der Waals surface area contributed by atoms with E-state index in [1.807, 2.05) is 0 Å². The summed E-state index contributed by atoms with van der Waals surface area (Å²) in [5, 5.41) is 0. The molecule has 0 N–H and O–H groups in total. The summed E-state index contributed by atoms with van der Waals surface area (Å²) in [5.41, 5.74) is 0. The molecular formula is C14H28N2. The van der Waals surface area contributed by atoms with Crippen molar-refractivity contribution < 1.29 is 0 Å². The fourth-order valence-electron chi connectivity index (χ4n) is 3.37. The molecule has 0 aliphatic carbocycles. The van der Waals surface area contributed by atoms with Gasteiger partial charge in [0.05, 0.1) is 0 Å². The lowest BCUT2D eigenvalue weighted by molar-refractivity contribution is 0.0402. The van der Waals surface area contributed by atoms with Crippen LogP contribution in [0.3, 0.4) is 0 Å². The highest BCUT2D eigenvalue weighted by molar-refractivity contribution is 4.88. The molecule has 0 radical (unpaired) electrons. The van der Waals surface area contributed by atoms with Crippen molar-refractivity contribution in [2.45, 2.75) is 58.0 Å². The third kappa shape index (κ3) is 2.78. The predicted octanol–water partition coefficient (Wildman–Crippen LogP) is 2.59. The van der Waals surface area contributed by atoms with E-state index in [0.717, 1.165) is 12.0 Å². The second kappa shape index (κ2) is 5.50. The van der Waals surface area contributed by atoms with Crippen LogP contribution in [-0.2, 0) is 0 Å². The number of rotatable bonds is 3. The molecule has 0 amide bonds. The molecule has 2 heteroatoms. The molecule has 0 aromatic rings. The van der Waals surface area contributed by atoms with Gasteiger partial charge < -0.3 is 9.80 Å². The van der Waals surface area contributed by atoms with Crippen molar-refractivity contribution >= 4 is 0 Å². The Kier molecular flexibility index (Phi) is 4.26. The second-order valence-electron chi connectivity index (χ2n) is 6.03. The summed E-state index contributed by atoms with van der Waals surface area (Å²) in [6.45, 7) is 8.65. The summed E-state index contributed by atoms with van der Waals surface area (Å²) in [5.74, 6) is 0.932. The monoisotopic (exact) mass is 224 g/mol. The second-order valence-corrected chi connectivity index (χ2v) is 6.03. The molecule has 2 fully saturated rings. The van der Waals surface area contributed by atoms with Gasteiger partial charge in [0, 0.05) is 18.6 Å². The van der Waals surface area contributed by atoms with E-state index >= 15 is 0 Å². The topological polar surface area (TPSA) is 6.48 Å². The quantitative estimate of drug-likeness (QED) is 0.727. The van der Waals surface area contributed by atoms with Crippen molar-refractivity contribution in [3.05, 3.63) is 0 Å². The van der Waals surface area contributed by atoms with E-state index in [9.17, 15) is 0 Å². The van der Waals surface area contributed by atoms with Gasteiger partial charge in [-0.3, -0.25) is 0 Å². The lowest BCUT2D eigenvalue weighted by atomic mass is 9.83. The SMILES string of the molecule is CC(C)N(C)C[C@H]1CCCN2CCCC[C@@H]12. The summed E-state index contributed by atoms with van der Waals surface area (Å²) >= 11 is 0. The number of nitrogens with zero attached hydrogens (tertiary/aromatic N) is 2. The highest BCUT2D eigenvalue weighted by Gasteiger charge is 2.33. The molecule has 0 aromatic heterocycles. The zero-order chi connectivity index (χ0) is 11.5. The highest BCUT2D eigenvalue weighted by atomic mass is 15.2. The molecule has 2 saturated heterocycles. The van der Waals surface area contributed by atoms with Gasteiger partial charge in [-0.2, -0.15) is 0 Å². The Morgan fingerprint density at radius 1 is 1.12 bits per heavy atom. The van der Waals surface area contributed by atoms with Crippen molar-refractivity contribution in [3.8, 4) is 0 Å². The summed E-state index contributed by atoms with van der Waals surface area (Å²) in [6, 6.07) is 1.60. The van der Waals surface area contributed by atoms with Crippen LogP contribution in [0.15, 0.2) is 0 Å². The molecule has 0 aromatic carbocycles.